The molecule has 11 heteroatoms. The summed E-state index contributed by atoms with van der Waals surface area (Å²) >= 11 is 0. The van der Waals surface area contributed by atoms with E-state index >= 15 is 0 Å². The summed E-state index contributed by atoms with van der Waals surface area (Å²) in [6.45, 7) is 0. The van der Waals surface area contributed by atoms with Crippen molar-refractivity contribution in [3.8, 4) is 23.0 Å². The van der Waals surface area contributed by atoms with Gasteiger partial charge in [-0.15, -0.1) is 0 Å². The van der Waals surface area contributed by atoms with Gasteiger partial charge in [0.15, 0.2) is 34.6 Å². The van der Waals surface area contributed by atoms with Crippen LogP contribution in [0, 0.1) is 11.6 Å². The number of hydrogen-bond donors (Lipinski definition) is 2. The third kappa shape index (κ3) is 4.28. The minimum absolute atomic E-state index is 0.121. The summed E-state index contributed by atoms with van der Waals surface area (Å²) in [5.41, 5.74) is -0.871. The second-order valence-electron chi connectivity index (χ2n) is 6.65. The Morgan fingerprint density at radius 3 is 2.36 bits per heavy atom. The van der Waals surface area contributed by atoms with E-state index in [0.29, 0.717) is 22.4 Å². The van der Waals surface area contributed by atoms with E-state index in [4.69, 9.17) is 14.2 Å². The Labute approximate surface area is 184 Å². The zero-order valence-electron chi connectivity index (χ0n) is 17.3. The number of nitrogens with zero attached hydrogens (tertiary/aromatic N) is 2. The molecule has 0 saturated heterocycles. The van der Waals surface area contributed by atoms with Gasteiger partial charge in [-0.05, 0) is 12.1 Å². The van der Waals surface area contributed by atoms with E-state index in [1.54, 1.807) is 12.1 Å². The summed E-state index contributed by atoms with van der Waals surface area (Å²) in [5.74, 6) is -2.84. The minimum Gasteiger partial charge on any atom is -0.493 e. The van der Waals surface area contributed by atoms with Gasteiger partial charge in [0.2, 0.25) is 5.43 Å². The molecule has 0 unspecified atom stereocenters. The van der Waals surface area contributed by atoms with Gasteiger partial charge >= 0.3 is 0 Å². The molecule has 33 heavy (non-hydrogen) atoms. The van der Waals surface area contributed by atoms with Crippen LogP contribution < -0.4 is 25.0 Å². The molecule has 168 valence electrons. The smallest absolute Gasteiger partial charge is 0.280 e. The van der Waals surface area contributed by atoms with Gasteiger partial charge in [0, 0.05) is 47.7 Å². The molecule has 2 aromatic heterocycles. The topological polar surface area (TPSA) is 115 Å². The number of halogens is 2. The van der Waals surface area contributed by atoms with E-state index in [2.05, 4.69) is 20.5 Å². The van der Waals surface area contributed by atoms with Gasteiger partial charge in [0.1, 0.15) is 5.75 Å². The van der Waals surface area contributed by atoms with Crippen molar-refractivity contribution in [1.29, 1.82) is 0 Å². The zero-order valence-corrected chi connectivity index (χ0v) is 17.3. The average Bonchev–Trinajstić information content (AvgIpc) is 2.80. The minimum atomic E-state index is -1.08. The number of aromatic nitrogens is 3. The number of ether oxygens (including phenoxy) is 3. The Hall–Kier alpha value is -4.54. The number of rotatable bonds is 6. The van der Waals surface area contributed by atoms with Gasteiger partial charge in [0.05, 0.1) is 19.7 Å². The summed E-state index contributed by atoms with van der Waals surface area (Å²) in [6, 6.07) is 7.44. The molecule has 9 nitrogen and oxygen atoms in total. The number of benzene rings is 2. The van der Waals surface area contributed by atoms with Crippen molar-refractivity contribution < 1.29 is 27.8 Å². The van der Waals surface area contributed by atoms with E-state index in [-0.39, 0.29) is 11.4 Å². The molecule has 0 radical (unpaired) electrons. The maximum Gasteiger partial charge on any atom is 0.280 e. The first kappa shape index (κ1) is 21.7. The Morgan fingerprint density at radius 2 is 1.70 bits per heavy atom. The number of anilines is 1. The molecule has 0 bridgehead atoms. The van der Waals surface area contributed by atoms with E-state index < -0.39 is 34.4 Å². The highest BCUT2D eigenvalue weighted by atomic mass is 19.1. The van der Waals surface area contributed by atoms with Crippen molar-refractivity contribution in [1.82, 2.24) is 15.2 Å². The summed E-state index contributed by atoms with van der Waals surface area (Å²) in [4.78, 5) is 28.1. The van der Waals surface area contributed by atoms with Crippen molar-refractivity contribution in [3.63, 3.8) is 0 Å². The van der Waals surface area contributed by atoms with Crippen LogP contribution in [0.1, 0.15) is 10.5 Å². The number of hydrogen-bond acceptors (Lipinski definition) is 7. The number of fused-ring (bicyclic) bond motifs is 1. The SMILES string of the molecule is COc1cc2nccc(Oc3c(F)cc(NC(=O)c4n[nH]ccc4=O)cc3F)c2cc1OC. The number of pyridine rings is 1. The van der Waals surface area contributed by atoms with Crippen molar-refractivity contribution >= 4 is 22.5 Å². The average molecular weight is 454 g/mol. The van der Waals surface area contributed by atoms with Crippen molar-refractivity contribution in [2.75, 3.05) is 19.5 Å². The Balaban J connectivity index is 1.66. The fraction of sp³-hybridized carbons (Fsp3) is 0.0909. The molecule has 0 aliphatic carbocycles. The van der Waals surface area contributed by atoms with E-state index in [9.17, 15) is 18.4 Å². The maximum atomic E-state index is 14.7. The molecule has 4 rings (SSSR count). The molecule has 0 atom stereocenters. The quantitative estimate of drug-likeness (QED) is 0.457. The van der Waals surface area contributed by atoms with Gasteiger partial charge in [-0.3, -0.25) is 19.7 Å². The van der Waals surface area contributed by atoms with Crippen LogP contribution in [0.2, 0.25) is 0 Å². The van der Waals surface area contributed by atoms with Crippen LogP contribution in [-0.2, 0) is 0 Å². The van der Waals surface area contributed by atoms with Crippen LogP contribution in [-0.4, -0.2) is 35.3 Å². The van der Waals surface area contributed by atoms with Gasteiger partial charge < -0.3 is 19.5 Å². The first-order valence-corrected chi connectivity index (χ1v) is 9.44. The normalized spacial score (nSPS) is 10.7. The molecule has 0 spiro atoms. The first-order valence-electron chi connectivity index (χ1n) is 9.44. The molecule has 2 N–H and O–H groups in total. The summed E-state index contributed by atoms with van der Waals surface area (Å²) < 4.78 is 45.5. The molecule has 1 amide bonds. The second-order valence-corrected chi connectivity index (χ2v) is 6.65. The lowest BCUT2D eigenvalue weighted by atomic mass is 10.1. The van der Waals surface area contributed by atoms with Crippen molar-refractivity contribution in [3.05, 3.63) is 76.3 Å². The van der Waals surface area contributed by atoms with Crippen molar-refractivity contribution in [2.45, 2.75) is 0 Å². The molecule has 0 saturated carbocycles. The number of methoxy groups -OCH3 is 2. The van der Waals surface area contributed by atoms with E-state index in [1.165, 1.54) is 32.7 Å². The molecule has 2 heterocycles. The fourth-order valence-electron chi connectivity index (χ4n) is 3.08. The lowest BCUT2D eigenvalue weighted by Gasteiger charge is -2.14. The Morgan fingerprint density at radius 1 is 1.00 bits per heavy atom. The molecule has 4 aromatic rings. The summed E-state index contributed by atoms with van der Waals surface area (Å²) in [7, 11) is 2.92. The third-order valence-electron chi connectivity index (χ3n) is 4.61. The lowest BCUT2D eigenvalue weighted by molar-refractivity contribution is 0.102. The standard InChI is InChI=1S/C22H16F2N4O5/c1-31-18-9-12-15(10-19(18)32-2)25-5-4-17(12)33-21-13(23)7-11(8-14(21)24)27-22(30)20-16(29)3-6-26-28-20/h3-10H,1-2H3,(H,26,29)(H,27,30). The number of H-pyrrole nitrogens is 1. The second kappa shape index (κ2) is 8.91. The zero-order chi connectivity index (χ0) is 23.5. The predicted octanol–water partition coefficient (Wildman–Crippen LogP) is 3.66. The number of carbonyl (C=O) groups is 1. The number of carbonyl (C=O) groups excluding carboxylic acids is 1. The molecule has 2 aromatic carbocycles. The van der Waals surface area contributed by atoms with Crippen LogP contribution in [0.15, 0.2) is 53.6 Å². The highest BCUT2D eigenvalue weighted by Crippen LogP contribution is 2.38. The van der Waals surface area contributed by atoms with Crippen LogP contribution in [0.4, 0.5) is 14.5 Å². The maximum absolute atomic E-state index is 14.7. The van der Waals surface area contributed by atoms with E-state index in [1.807, 2.05) is 0 Å². The fourth-order valence-corrected chi connectivity index (χ4v) is 3.08. The molecular weight excluding hydrogens is 438 g/mol. The lowest BCUT2D eigenvalue weighted by Crippen LogP contribution is -2.23. The van der Waals surface area contributed by atoms with E-state index in [0.717, 1.165) is 18.2 Å². The van der Waals surface area contributed by atoms with Gasteiger partial charge in [-0.2, -0.15) is 5.10 Å². The Kier molecular flexibility index (Phi) is 5.85. The molecule has 0 fully saturated rings. The third-order valence-corrected chi connectivity index (χ3v) is 4.61. The van der Waals surface area contributed by atoms with Gasteiger partial charge in [-0.1, -0.05) is 0 Å². The predicted molar refractivity (Wildman–Crippen MR) is 114 cm³/mol. The largest absolute Gasteiger partial charge is 0.493 e. The Bertz CT molecular complexity index is 1400. The molecule has 0 aliphatic rings. The van der Waals surface area contributed by atoms with Crippen LogP contribution in [0.3, 0.4) is 0 Å². The highest BCUT2D eigenvalue weighted by Gasteiger charge is 2.19. The van der Waals surface area contributed by atoms with Crippen LogP contribution in [0.5, 0.6) is 23.0 Å². The molecular formula is C22H16F2N4O5. The van der Waals surface area contributed by atoms with Gasteiger partial charge in [-0.25, -0.2) is 8.78 Å². The monoisotopic (exact) mass is 454 g/mol. The number of amides is 1. The number of aromatic amines is 1. The first-order chi connectivity index (χ1) is 15.9. The molecule has 0 aliphatic heterocycles. The summed E-state index contributed by atoms with van der Waals surface area (Å²) in [5, 5.41) is 8.58. The van der Waals surface area contributed by atoms with Crippen LogP contribution in [0.25, 0.3) is 10.9 Å². The van der Waals surface area contributed by atoms with Gasteiger partial charge in [0.25, 0.3) is 5.91 Å². The van der Waals surface area contributed by atoms with Crippen molar-refractivity contribution in [2.24, 2.45) is 0 Å². The van der Waals surface area contributed by atoms with Crippen LogP contribution >= 0.6 is 0 Å². The highest BCUT2D eigenvalue weighted by molar-refractivity contribution is 6.02. The summed E-state index contributed by atoms with van der Waals surface area (Å²) in [6.07, 6.45) is 2.66. The number of nitrogens with one attached hydrogen (secondary N) is 2.